The third-order valence-corrected chi connectivity index (χ3v) is 3.28. The topological polar surface area (TPSA) is 49.6 Å². The van der Waals surface area contributed by atoms with E-state index < -0.39 is 0 Å². The molecule has 0 spiro atoms. The number of hydrogen-bond acceptors (Lipinski definition) is 3. The molecule has 0 saturated carbocycles. The number of fused-ring (bicyclic) bond motifs is 1. The maximum absolute atomic E-state index is 9.82. The van der Waals surface area contributed by atoms with Crippen molar-refractivity contribution in [3.05, 3.63) is 29.2 Å². The number of aromatic hydroxyl groups is 1. The standard InChI is InChI=1S/C11H12ClN3O/c12-11-8-2-1-3-10(16)15(8)9(14-11)4-7-5-13-6-7/h1-3,7,13,16H,4-6H2. The van der Waals surface area contributed by atoms with Gasteiger partial charge in [-0.1, -0.05) is 17.7 Å². The molecule has 84 valence electrons. The zero-order valence-electron chi connectivity index (χ0n) is 8.65. The van der Waals surface area contributed by atoms with Crippen LogP contribution in [0.3, 0.4) is 0 Å². The van der Waals surface area contributed by atoms with Gasteiger partial charge in [0.2, 0.25) is 0 Å². The molecule has 0 amide bonds. The van der Waals surface area contributed by atoms with Crippen molar-refractivity contribution in [2.75, 3.05) is 13.1 Å². The van der Waals surface area contributed by atoms with Gasteiger partial charge in [-0.2, -0.15) is 0 Å². The summed E-state index contributed by atoms with van der Waals surface area (Å²) in [5.74, 6) is 1.63. The highest BCUT2D eigenvalue weighted by Gasteiger charge is 2.21. The van der Waals surface area contributed by atoms with E-state index >= 15 is 0 Å². The molecule has 5 heteroatoms. The van der Waals surface area contributed by atoms with E-state index in [1.54, 1.807) is 16.5 Å². The summed E-state index contributed by atoms with van der Waals surface area (Å²) in [5.41, 5.74) is 0.768. The lowest BCUT2D eigenvalue weighted by atomic mass is 9.99. The van der Waals surface area contributed by atoms with Crippen LogP contribution in [0.1, 0.15) is 5.82 Å². The van der Waals surface area contributed by atoms with Gasteiger partial charge < -0.3 is 10.4 Å². The molecule has 0 radical (unpaired) electrons. The van der Waals surface area contributed by atoms with Crippen molar-refractivity contribution in [1.29, 1.82) is 0 Å². The second kappa shape index (κ2) is 3.64. The van der Waals surface area contributed by atoms with Crippen LogP contribution >= 0.6 is 11.6 Å². The summed E-state index contributed by atoms with van der Waals surface area (Å²) >= 11 is 6.04. The summed E-state index contributed by atoms with van der Waals surface area (Å²) in [7, 11) is 0. The van der Waals surface area contributed by atoms with Crippen LogP contribution in [0, 0.1) is 5.92 Å². The van der Waals surface area contributed by atoms with Gasteiger partial charge >= 0.3 is 0 Å². The number of pyridine rings is 1. The molecule has 3 heterocycles. The van der Waals surface area contributed by atoms with Crippen molar-refractivity contribution in [2.45, 2.75) is 6.42 Å². The van der Waals surface area contributed by atoms with Gasteiger partial charge in [0.25, 0.3) is 0 Å². The average Bonchev–Trinajstić information content (AvgIpc) is 2.52. The Morgan fingerprint density at radius 2 is 2.31 bits per heavy atom. The van der Waals surface area contributed by atoms with Gasteiger partial charge in [-0.05, 0) is 31.1 Å². The quantitative estimate of drug-likeness (QED) is 0.832. The summed E-state index contributed by atoms with van der Waals surface area (Å²) in [6.07, 6.45) is 0.846. The number of imidazole rings is 1. The predicted molar refractivity (Wildman–Crippen MR) is 61.9 cm³/mol. The van der Waals surface area contributed by atoms with Crippen LogP contribution in [0.2, 0.25) is 5.15 Å². The van der Waals surface area contributed by atoms with E-state index in [0.717, 1.165) is 30.9 Å². The molecule has 0 unspecified atom stereocenters. The summed E-state index contributed by atoms with van der Waals surface area (Å²) in [5, 5.41) is 13.5. The largest absolute Gasteiger partial charge is 0.494 e. The number of halogens is 1. The highest BCUT2D eigenvalue weighted by atomic mass is 35.5. The summed E-state index contributed by atoms with van der Waals surface area (Å²) in [4.78, 5) is 4.31. The molecule has 2 N–H and O–H groups in total. The molecule has 2 aromatic heterocycles. The highest BCUT2D eigenvalue weighted by Crippen LogP contribution is 2.25. The van der Waals surface area contributed by atoms with Crippen molar-refractivity contribution < 1.29 is 5.11 Å². The molecular weight excluding hydrogens is 226 g/mol. The molecule has 0 aromatic carbocycles. The van der Waals surface area contributed by atoms with Gasteiger partial charge in [-0.15, -0.1) is 0 Å². The Kier molecular flexibility index (Phi) is 2.26. The van der Waals surface area contributed by atoms with Crippen LogP contribution < -0.4 is 5.32 Å². The first-order chi connectivity index (χ1) is 7.75. The van der Waals surface area contributed by atoms with E-state index in [2.05, 4.69) is 10.3 Å². The van der Waals surface area contributed by atoms with Crippen LogP contribution in [-0.2, 0) is 6.42 Å². The van der Waals surface area contributed by atoms with Gasteiger partial charge in [0.1, 0.15) is 5.82 Å². The first-order valence-electron chi connectivity index (χ1n) is 5.31. The van der Waals surface area contributed by atoms with Gasteiger partial charge in [0.15, 0.2) is 11.0 Å². The van der Waals surface area contributed by atoms with E-state index in [1.165, 1.54) is 0 Å². The minimum atomic E-state index is 0.194. The maximum Gasteiger partial charge on any atom is 0.197 e. The predicted octanol–water partition coefficient (Wildman–Crippen LogP) is 1.46. The van der Waals surface area contributed by atoms with Crippen molar-refractivity contribution >= 4 is 17.1 Å². The number of nitrogens with one attached hydrogen (secondary N) is 1. The van der Waals surface area contributed by atoms with E-state index in [1.807, 2.05) is 6.07 Å². The second-order valence-electron chi connectivity index (χ2n) is 4.15. The van der Waals surface area contributed by atoms with Crippen molar-refractivity contribution in [3.8, 4) is 5.88 Å². The van der Waals surface area contributed by atoms with E-state index in [9.17, 15) is 5.11 Å². The SMILES string of the molecule is Oc1cccc2c(Cl)nc(CC3CNC3)n12. The zero-order chi connectivity index (χ0) is 11.1. The third kappa shape index (κ3) is 1.45. The van der Waals surface area contributed by atoms with Crippen LogP contribution in [-0.4, -0.2) is 27.6 Å². The first kappa shape index (κ1) is 9.93. The van der Waals surface area contributed by atoms with Gasteiger partial charge in [0, 0.05) is 6.42 Å². The van der Waals surface area contributed by atoms with E-state index in [-0.39, 0.29) is 5.88 Å². The van der Waals surface area contributed by atoms with Crippen LogP contribution in [0.4, 0.5) is 0 Å². The molecule has 1 aliphatic heterocycles. The van der Waals surface area contributed by atoms with E-state index in [4.69, 9.17) is 11.6 Å². The zero-order valence-corrected chi connectivity index (χ0v) is 9.41. The fraction of sp³-hybridized carbons (Fsp3) is 0.364. The Balaban J connectivity index is 2.09. The van der Waals surface area contributed by atoms with Gasteiger partial charge in [-0.3, -0.25) is 4.40 Å². The van der Waals surface area contributed by atoms with Crippen LogP contribution in [0.25, 0.3) is 5.52 Å². The second-order valence-corrected chi connectivity index (χ2v) is 4.51. The lowest BCUT2D eigenvalue weighted by Gasteiger charge is -2.26. The molecule has 1 aliphatic rings. The smallest absolute Gasteiger partial charge is 0.197 e. The summed E-state index contributed by atoms with van der Waals surface area (Å²) < 4.78 is 1.72. The lowest BCUT2D eigenvalue weighted by molar-refractivity contribution is 0.338. The number of aromatic nitrogens is 2. The molecule has 1 saturated heterocycles. The van der Waals surface area contributed by atoms with E-state index in [0.29, 0.717) is 11.1 Å². The first-order valence-corrected chi connectivity index (χ1v) is 5.69. The lowest BCUT2D eigenvalue weighted by Crippen LogP contribution is -2.43. The Bertz CT molecular complexity index is 533. The highest BCUT2D eigenvalue weighted by molar-refractivity contribution is 6.32. The number of rotatable bonds is 2. The number of hydrogen-bond donors (Lipinski definition) is 2. The molecule has 1 fully saturated rings. The van der Waals surface area contributed by atoms with Crippen LogP contribution in [0.15, 0.2) is 18.2 Å². The Hall–Kier alpha value is -1.26. The molecule has 0 bridgehead atoms. The van der Waals surface area contributed by atoms with Crippen LogP contribution in [0.5, 0.6) is 5.88 Å². The van der Waals surface area contributed by atoms with Crippen molar-refractivity contribution in [1.82, 2.24) is 14.7 Å². The molecule has 0 atom stereocenters. The monoisotopic (exact) mass is 237 g/mol. The minimum absolute atomic E-state index is 0.194. The fourth-order valence-corrected chi connectivity index (χ4v) is 2.28. The van der Waals surface area contributed by atoms with Crippen molar-refractivity contribution in [2.24, 2.45) is 5.92 Å². The fourth-order valence-electron chi connectivity index (χ4n) is 2.04. The minimum Gasteiger partial charge on any atom is -0.494 e. The summed E-state index contributed by atoms with van der Waals surface area (Å²) in [6, 6.07) is 5.28. The van der Waals surface area contributed by atoms with Crippen molar-refractivity contribution in [3.63, 3.8) is 0 Å². The number of nitrogens with zero attached hydrogens (tertiary/aromatic N) is 2. The Morgan fingerprint density at radius 3 is 3.00 bits per heavy atom. The third-order valence-electron chi connectivity index (χ3n) is 3.00. The Labute approximate surface area is 97.9 Å². The molecule has 0 aliphatic carbocycles. The maximum atomic E-state index is 9.82. The normalized spacial score (nSPS) is 16.6. The van der Waals surface area contributed by atoms with Gasteiger partial charge in [-0.25, -0.2) is 4.98 Å². The van der Waals surface area contributed by atoms with Gasteiger partial charge in [0.05, 0.1) is 5.52 Å². The molecular formula is C11H12ClN3O. The molecule has 2 aromatic rings. The molecule has 16 heavy (non-hydrogen) atoms. The summed E-state index contributed by atoms with van der Waals surface area (Å²) in [6.45, 7) is 2.03. The molecule has 4 nitrogen and oxygen atoms in total. The molecule has 3 rings (SSSR count). The average molecular weight is 238 g/mol. The Morgan fingerprint density at radius 1 is 1.50 bits per heavy atom.